The van der Waals surface area contributed by atoms with Crippen molar-refractivity contribution in [2.75, 3.05) is 5.32 Å². The fraction of sp³-hybridized carbons (Fsp3) is 0.176. The van der Waals surface area contributed by atoms with E-state index in [0.717, 1.165) is 22.5 Å². The molecule has 0 aromatic heterocycles. The molecule has 2 rings (SSSR count). The maximum absolute atomic E-state index is 6.16. The summed E-state index contributed by atoms with van der Waals surface area (Å²) in [7, 11) is 0. The first-order valence-corrected chi connectivity index (χ1v) is 7.12. The van der Waals surface area contributed by atoms with Crippen molar-refractivity contribution in [3.63, 3.8) is 0 Å². The van der Waals surface area contributed by atoms with E-state index in [1.165, 1.54) is 11.1 Å². The van der Waals surface area contributed by atoms with Crippen molar-refractivity contribution < 1.29 is 0 Å². The number of rotatable bonds is 3. The maximum Gasteiger partial charge on any atom is 0.0456 e. The number of nitrogens with one attached hydrogen (secondary N) is 1. The Morgan fingerprint density at radius 3 is 2.15 bits per heavy atom. The highest BCUT2D eigenvalue weighted by Crippen LogP contribution is 2.29. The number of halogens is 2. The van der Waals surface area contributed by atoms with Gasteiger partial charge in [0.2, 0.25) is 0 Å². The molecule has 2 aromatic rings. The van der Waals surface area contributed by atoms with Gasteiger partial charge in [-0.2, -0.15) is 0 Å². The molecule has 0 fully saturated rings. The number of hydrogen-bond donors (Lipinski definition) is 1. The Bertz CT molecular complexity index is 655. The molecule has 3 heteroatoms. The van der Waals surface area contributed by atoms with Gasteiger partial charge in [0, 0.05) is 27.0 Å². The predicted molar refractivity (Wildman–Crippen MR) is 89.8 cm³/mol. The van der Waals surface area contributed by atoms with Crippen LogP contribution in [0, 0.1) is 20.8 Å². The molecule has 0 radical (unpaired) electrons. The van der Waals surface area contributed by atoms with Crippen LogP contribution in [0.25, 0.3) is 5.70 Å². The Hall–Kier alpha value is -1.44. The molecule has 20 heavy (non-hydrogen) atoms. The van der Waals surface area contributed by atoms with Crippen LogP contribution >= 0.6 is 23.2 Å². The summed E-state index contributed by atoms with van der Waals surface area (Å²) in [5.74, 6) is 0. The molecular formula is C17H17Cl2N. The van der Waals surface area contributed by atoms with E-state index in [1.54, 1.807) is 6.07 Å². The van der Waals surface area contributed by atoms with Gasteiger partial charge in [-0.15, -0.1) is 0 Å². The minimum atomic E-state index is 0.610. The van der Waals surface area contributed by atoms with Gasteiger partial charge < -0.3 is 5.32 Å². The van der Waals surface area contributed by atoms with Crippen LogP contribution in [0.5, 0.6) is 0 Å². The lowest BCUT2D eigenvalue weighted by Crippen LogP contribution is -2.00. The number of anilines is 1. The molecule has 0 saturated carbocycles. The monoisotopic (exact) mass is 305 g/mol. The molecule has 0 spiro atoms. The molecular weight excluding hydrogens is 289 g/mol. The van der Waals surface area contributed by atoms with Gasteiger partial charge in [-0.3, -0.25) is 0 Å². The SMILES string of the molecule is C=C(Nc1cc(C)cc(C)c1)c1cc(Cl)cc(Cl)c1C. The highest BCUT2D eigenvalue weighted by molar-refractivity contribution is 6.35. The van der Waals surface area contributed by atoms with Crippen LogP contribution in [0.2, 0.25) is 10.0 Å². The third kappa shape index (κ3) is 3.36. The molecule has 0 saturated heterocycles. The Kier molecular flexibility index (Phi) is 4.42. The van der Waals surface area contributed by atoms with E-state index >= 15 is 0 Å². The third-order valence-electron chi connectivity index (χ3n) is 3.15. The highest BCUT2D eigenvalue weighted by atomic mass is 35.5. The molecule has 2 aromatic carbocycles. The smallest absolute Gasteiger partial charge is 0.0456 e. The predicted octanol–water partition coefficient (Wildman–Crippen LogP) is 6.00. The van der Waals surface area contributed by atoms with E-state index < -0.39 is 0 Å². The molecule has 0 aliphatic heterocycles. The number of benzene rings is 2. The summed E-state index contributed by atoms with van der Waals surface area (Å²) in [5.41, 5.74) is 6.13. The van der Waals surface area contributed by atoms with Gasteiger partial charge in [0.25, 0.3) is 0 Å². The maximum atomic E-state index is 6.16. The Morgan fingerprint density at radius 2 is 1.55 bits per heavy atom. The summed E-state index contributed by atoms with van der Waals surface area (Å²) in [6, 6.07) is 9.92. The average Bonchev–Trinajstić information content (AvgIpc) is 2.32. The van der Waals surface area contributed by atoms with Crippen LogP contribution in [-0.2, 0) is 0 Å². The van der Waals surface area contributed by atoms with Crippen LogP contribution in [0.4, 0.5) is 5.69 Å². The van der Waals surface area contributed by atoms with Crippen molar-refractivity contribution in [2.45, 2.75) is 20.8 Å². The fourth-order valence-electron chi connectivity index (χ4n) is 2.25. The van der Waals surface area contributed by atoms with Crippen LogP contribution in [-0.4, -0.2) is 0 Å². The second-order valence-corrected chi connectivity index (χ2v) is 5.88. The summed E-state index contributed by atoms with van der Waals surface area (Å²) in [4.78, 5) is 0. The van der Waals surface area contributed by atoms with Crippen molar-refractivity contribution in [1.29, 1.82) is 0 Å². The molecule has 0 aliphatic rings. The average molecular weight is 306 g/mol. The summed E-state index contributed by atoms with van der Waals surface area (Å²) < 4.78 is 0. The van der Waals surface area contributed by atoms with Gasteiger partial charge >= 0.3 is 0 Å². The first-order chi connectivity index (χ1) is 9.36. The van der Waals surface area contributed by atoms with Crippen LogP contribution in [0.15, 0.2) is 36.9 Å². The largest absolute Gasteiger partial charge is 0.355 e. The van der Waals surface area contributed by atoms with E-state index in [1.807, 2.05) is 13.0 Å². The zero-order valence-electron chi connectivity index (χ0n) is 11.8. The zero-order chi connectivity index (χ0) is 14.9. The quantitative estimate of drug-likeness (QED) is 0.733. The molecule has 0 bridgehead atoms. The number of hydrogen-bond acceptors (Lipinski definition) is 1. The second kappa shape index (κ2) is 5.90. The van der Waals surface area contributed by atoms with Crippen molar-refractivity contribution in [2.24, 2.45) is 0 Å². The molecule has 104 valence electrons. The molecule has 0 amide bonds. The van der Waals surface area contributed by atoms with E-state index in [-0.39, 0.29) is 0 Å². The van der Waals surface area contributed by atoms with E-state index in [0.29, 0.717) is 10.0 Å². The lowest BCUT2D eigenvalue weighted by Gasteiger charge is -2.15. The van der Waals surface area contributed by atoms with E-state index in [9.17, 15) is 0 Å². The summed E-state index contributed by atoms with van der Waals surface area (Å²) in [6.45, 7) is 10.2. The van der Waals surface area contributed by atoms with Crippen molar-refractivity contribution in [3.05, 3.63) is 69.2 Å². The molecule has 0 unspecified atom stereocenters. The van der Waals surface area contributed by atoms with Gasteiger partial charge in [-0.25, -0.2) is 0 Å². The second-order valence-electron chi connectivity index (χ2n) is 5.04. The highest BCUT2D eigenvalue weighted by Gasteiger charge is 2.09. The minimum Gasteiger partial charge on any atom is -0.355 e. The summed E-state index contributed by atoms with van der Waals surface area (Å²) >= 11 is 12.2. The lowest BCUT2D eigenvalue weighted by molar-refractivity contribution is 1.37. The van der Waals surface area contributed by atoms with Gasteiger partial charge in [-0.1, -0.05) is 35.8 Å². The molecule has 0 atom stereocenters. The first kappa shape index (κ1) is 15.0. The Labute approximate surface area is 130 Å². The van der Waals surface area contributed by atoms with Gasteiger partial charge in [-0.05, 0) is 61.7 Å². The van der Waals surface area contributed by atoms with E-state index in [2.05, 4.69) is 43.9 Å². The van der Waals surface area contributed by atoms with Crippen LogP contribution in [0.1, 0.15) is 22.3 Å². The van der Waals surface area contributed by atoms with Crippen molar-refractivity contribution >= 4 is 34.6 Å². The topological polar surface area (TPSA) is 12.0 Å². The third-order valence-corrected chi connectivity index (χ3v) is 3.76. The standard InChI is InChI=1S/C17H17Cl2N/c1-10-5-11(2)7-15(6-10)20-13(4)16-8-14(18)9-17(19)12(16)3/h5-9,20H,4H2,1-3H3. The number of aryl methyl sites for hydroxylation is 2. The summed E-state index contributed by atoms with van der Waals surface area (Å²) in [5, 5.41) is 4.58. The Morgan fingerprint density at radius 1 is 0.950 bits per heavy atom. The first-order valence-electron chi connectivity index (χ1n) is 6.37. The molecule has 1 nitrogen and oxygen atoms in total. The van der Waals surface area contributed by atoms with Crippen molar-refractivity contribution in [3.8, 4) is 0 Å². The van der Waals surface area contributed by atoms with Crippen LogP contribution in [0.3, 0.4) is 0 Å². The zero-order valence-corrected chi connectivity index (χ0v) is 13.4. The minimum absolute atomic E-state index is 0.610. The van der Waals surface area contributed by atoms with Crippen molar-refractivity contribution in [1.82, 2.24) is 0 Å². The fourth-order valence-corrected chi connectivity index (χ4v) is 2.74. The Balaban J connectivity index is 2.33. The summed E-state index contributed by atoms with van der Waals surface area (Å²) in [6.07, 6.45) is 0. The normalized spacial score (nSPS) is 10.4. The molecule has 0 heterocycles. The van der Waals surface area contributed by atoms with E-state index in [4.69, 9.17) is 23.2 Å². The van der Waals surface area contributed by atoms with Gasteiger partial charge in [0.15, 0.2) is 0 Å². The van der Waals surface area contributed by atoms with Crippen LogP contribution < -0.4 is 5.32 Å². The van der Waals surface area contributed by atoms with Gasteiger partial charge in [0.05, 0.1) is 0 Å². The molecule has 1 N–H and O–H groups in total. The van der Waals surface area contributed by atoms with Gasteiger partial charge in [0.1, 0.15) is 0 Å². The lowest BCUT2D eigenvalue weighted by atomic mass is 10.1. The molecule has 0 aliphatic carbocycles.